The molecule has 1 aromatic carbocycles. The Balaban J connectivity index is 1.65. The molecule has 0 spiro atoms. The zero-order valence-corrected chi connectivity index (χ0v) is 16.3. The minimum absolute atomic E-state index is 0.236. The standard InChI is InChI=1S/C22H31N3O/c1-17-11-18(2)13-20(12-17)14-24-8-9-25(22(16-24)7-10-26)15-21-6-4-5-19(3)23-21/h4-6,11-13,22,26H,7-10,14-16H2,1-3H3/t22-/m0/s1. The number of aliphatic hydroxyl groups excluding tert-OH is 1. The van der Waals surface area contributed by atoms with Crippen LogP contribution >= 0.6 is 0 Å². The van der Waals surface area contributed by atoms with Gasteiger partial charge in [-0.2, -0.15) is 0 Å². The fraction of sp³-hybridized carbons (Fsp3) is 0.500. The number of benzene rings is 1. The molecule has 2 aromatic rings. The summed E-state index contributed by atoms with van der Waals surface area (Å²) in [6.07, 6.45) is 0.815. The van der Waals surface area contributed by atoms with Crippen LogP contribution < -0.4 is 0 Å². The lowest BCUT2D eigenvalue weighted by Crippen LogP contribution is -2.52. The average molecular weight is 354 g/mol. The number of rotatable bonds is 6. The number of nitrogens with zero attached hydrogens (tertiary/aromatic N) is 3. The Morgan fingerprint density at radius 2 is 1.81 bits per heavy atom. The monoisotopic (exact) mass is 353 g/mol. The van der Waals surface area contributed by atoms with Crippen molar-refractivity contribution in [3.63, 3.8) is 0 Å². The van der Waals surface area contributed by atoms with Gasteiger partial charge in [-0.05, 0) is 44.9 Å². The van der Waals surface area contributed by atoms with E-state index in [0.29, 0.717) is 6.04 Å². The van der Waals surface area contributed by atoms with Gasteiger partial charge in [0.15, 0.2) is 0 Å². The molecule has 0 unspecified atom stereocenters. The third-order valence-electron chi connectivity index (χ3n) is 5.15. The van der Waals surface area contributed by atoms with Crippen molar-refractivity contribution < 1.29 is 5.11 Å². The van der Waals surface area contributed by atoms with E-state index < -0.39 is 0 Å². The first-order valence-electron chi connectivity index (χ1n) is 9.60. The zero-order valence-electron chi connectivity index (χ0n) is 16.3. The van der Waals surface area contributed by atoms with Crippen molar-refractivity contribution in [3.8, 4) is 0 Å². The predicted octanol–water partition coefficient (Wildman–Crippen LogP) is 3.08. The molecule has 1 fully saturated rings. The van der Waals surface area contributed by atoms with E-state index in [1.165, 1.54) is 16.7 Å². The Morgan fingerprint density at radius 3 is 2.50 bits per heavy atom. The lowest BCUT2D eigenvalue weighted by molar-refractivity contribution is 0.0491. The SMILES string of the molecule is Cc1cc(C)cc(CN2CCN(Cc3cccc(C)n3)[C@@H](CCO)C2)c1. The summed E-state index contributed by atoms with van der Waals surface area (Å²) in [7, 11) is 0. The molecule has 1 aromatic heterocycles. The second kappa shape index (κ2) is 8.76. The Bertz CT molecular complexity index is 711. The van der Waals surface area contributed by atoms with E-state index in [9.17, 15) is 5.11 Å². The second-order valence-corrected chi connectivity index (χ2v) is 7.64. The number of aryl methyl sites for hydroxylation is 3. The first-order valence-corrected chi connectivity index (χ1v) is 9.60. The van der Waals surface area contributed by atoms with E-state index in [4.69, 9.17) is 0 Å². The van der Waals surface area contributed by atoms with Crippen molar-refractivity contribution in [3.05, 3.63) is 64.5 Å². The highest BCUT2D eigenvalue weighted by Crippen LogP contribution is 2.19. The average Bonchev–Trinajstić information content (AvgIpc) is 2.56. The molecule has 0 radical (unpaired) electrons. The molecule has 2 heterocycles. The molecule has 0 aliphatic carbocycles. The summed E-state index contributed by atoms with van der Waals surface area (Å²) in [6, 6.07) is 13.4. The van der Waals surface area contributed by atoms with Crippen molar-refractivity contribution in [2.24, 2.45) is 0 Å². The zero-order chi connectivity index (χ0) is 18.5. The second-order valence-electron chi connectivity index (χ2n) is 7.64. The van der Waals surface area contributed by atoms with Crippen LogP contribution in [0.15, 0.2) is 36.4 Å². The molecule has 1 N–H and O–H groups in total. The van der Waals surface area contributed by atoms with Gasteiger partial charge in [0, 0.05) is 51.1 Å². The molecule has 0 saturated carbocycles. The van der Waals surface area contributed by atoms with Gasteiger partial charge in [-0.25, -0.2) is 0 Å². The fourth-order valence-electron chi connectivity index (χ4n) is 4.05. The molecule has 140 valence electrons. The smallest absolute Gasteiger partial charge is 0.0547 e. The van der Waals surface area contributed by atoms with Crippen LogP contribution in [0.1, 0.15) is 34.5 Å². The molecule has 26 heavy (non-hydrogen) atoms. The lowest BCUT2D eigenvalue weighted by atomic mass is 10.0. The highest BCUT2D eigenvalue weighted by molar-refractivity contribution is 5.28. The summed E-state index contributed by atoms with van der Waals surface area (Å²) in [6.45, 7) is 11.5. The van der Waals surface area contributed by atoms with Crippen LogP contribution in [0, 0.1) is 20.8 Å². The molecular weight excluding hydrogens is 322 g/mol. The maximum atomic E-state index is 9.53. The summed E-state index contributed by atoms with van der Waals surface area (Å²) in [5.74, 6) is 0. The summed E-state index contributed by atoms with van der Waals surface area (Å²) >= 11 is 0. The van der Waals surface area contributed by atoms with Crippen LogP contribution in [-0.4, -0.2) is 52.2 Å². The van der Waals surface area contributed by atoms with Gasteiger partial charge in [-0.3, -0.25) is 14.8 Å². The largest absolute Gasteiger partial charge is 0.396 e. The first kappa shape index (κ1) is 19.0. The predicted molar refractivity (Wildman–Crippen MR) is 106 cm³/mol. The molecule has 1 aliphatic rings. The van der Waals surface area contributed by atoms with Crippen molar-refractivity contribution in [1.82, 2.24) is 14.8 Å². The van der Waals surface area contributed by atoms with E-state index in [-0.39, 0.29) is 6.61 Å². The van der Waals surface area contributed by atoms with Crippen molar-refractivity contribution in [2.45, 2.75) is 46.3 Å². The summed E-state index contributed by atoms with van der Waals surface area (Å²) < 4.78 is 0. The molecule has 1 aliphatic heterocycles. The van der Waals surface area contributed by atoms with Crippen molar-refractivity contribution >= 4 is 0 Å². The maximum Gasteiger partial charge on any atom is 0.0547 e. The van der Waals surface area contributed by atoms with Gasteiger partial charge in [0.1, 0.15) is 0 Å². The Morgan fingerprint density at radius 1 is 1.04 bits per heavy atom. The summed E-state index contributed by atoms with van der Waals surface area (Å²) in [5.41, 5.74) is 6.23. The molecule has 0 amide bonds. The molecular formula is C22H31N3O. The number of piperazine rings is 1. The van der Waals surface area contributed by atoms with Gasteiger partial charge in [0.2, 0.25) is 0 Å². The topological polar surface area (TPSA) is 39.6 Å². The van der Waals surface area contributed by atoms with E-state index in [1.807, 2.05) is 13.0 Å². The Labute approximate surface area is 157 Å². The van der Waals surface area contributed by atoms with Gasteiger partial charge >= 0.3 is 0 Å². The molecule has 4 heteroatoms. The summed E-state index contributed by atoms with van der Waals surface area (Å²) in [4.78, 5) is 9.65. The number of aromatic nitrogens is 1. The molecule has 1 saturated heterocycles. The minimum atomic E-state index is 0.236. The third kappa shape index (κ3) is 5.13. The third-order valence-corrected chi connectivity index (χ3v) is 5.15. The van der Waals surface area contributed by atoms with E-state index in [2.05, 4.69) is 59.0 Å². The van der Waals surface area contributed by atoms with Crippen LogP contribution in [0.3, 0.4) is 0 Å². The number of pyridine rings is 1. The van der Waals surface area contributed by atoms with Crippen molar-refractivity contribution in [2.75, 3.05) is 26.2 Å². The first-order chi connectivity index (χ1) is 12.5. The van der Waals surface area contributed by atoms with E-state index in [0.717, 1.165) is 50.5 Å². The lowest BCUT2D eigenvalue weighted by Gasteiger charge is -2.41. The molecule has 4 nitrogen and oxygen atoms in total. The van der Waals surface area contributed by atoms with Crippen LogP contribution in [0.2, 0.25) is 0 Å². The highest BCUT2D eigenvalue weighted by Gasteiger charge is 2.27. The molecule has 3 rings (SSSR count). The van der Waals surface area contributed by atoms with Crippen LogP contribution in [-0.2, 0) is 13.1 Å². The quantitative estimate of drug-likeness (QED) is 0.866. The normalized spacial score (nSPS) is 19.0. The molecule has 1 atom stereocenters. The van der Waals surface area contributed by atoms with E-state index >= 15 is 0 Å². The minimum Gasteiger partial charge on any atom is -0.396 e. The van der Waals surface area contributed by atoms with Crippen LogP contribution in [0.5, 0.6) is 0 Å². The van der Waals surface area contributed by atoms with Crippen LogP contribution in [0.4, 0.5) is 0 Å². The van der Waals surface area contributed by atoms with E-state index in [1.54, 1.807) is 0 Å². The van der Waals surface area contributed by atoms with Crippen LogP contribution in [0.25, 0.3) is 0 Å². The number of aliphatic hydroxyl groups is 1. The van der Waals surface area contributed by atoms with Crippen molar-refractivity contribution in [1.29, 1.82) is 0 Å². The van der Waals surface area contributed by atoms with Gasteiger partial charge in [-0.1, -0.05) is 35.4 Å². The summed E-state index contributed by atoms with van der Waals surface area (Å²) in [5, 5.41) is 9.53. The number of hydrogen-bond acceptors (Lipinski definition) is 4. The highest BCUT2D eigenvalue weighted by atomic mass is 16.3. The fourth-order valence-corrected chi connectivity index (χ4v) is 4.05. The maximum absolute atomic E-state index is 9.53. The number of hydrogen-bond donors (Lipinski definition) is 1. The van der Waals surface area contributed by atoms with Gasteiger partial charge in [-0.15, -0.1) is 0 Å². The van der Waals surface area contributed by atoms with Gasteiger partial charge < -0.3 is 5.11 Å². The Kier molecular flexibility index (Phi) is 6.41. The molecule has 0 bridgehead atoms. The Hall–Kier alpha value is -1.75. The van der Waals surface area contributed by atoms with Gasteiger partial charge in [0.25, 0.3) is 0 Å². The van der Waals surface area contributed by atoms with Gasteiger partial charge in [0.05, 0.1) is 5.69 Å².